The summed E-state index contributed by atoms with van der Waals surface area (Å²) in [6, 6.07) is 8.92. The van der Waals surface area contributed by atoms with E-state index in [1.807, 2.05) is 0 Å². The van der Waals surface area contributed by atoms with Gasteiger partial charge in [-0.15, -0.1) is 0 Å². The lowest BCUT2D eigenvalue weighted by Crippen LogP contribution is -2.30. The highest BCUT2D eigenvalue weighted by atomic mass is 32.2. The number of halogens is 1. The SMILES string of the molecule is CCN(CC)S(=O)(=O)c1ccc(S(=O)(=O)Nc2cc(C)ccc2F)cc1. The van der Waals surface area contributed by atoms with Gasteiger partial charge in [-0.2, -0.15) is 4.31 Å². The quantitative estimate of drug-likeness (QED) is 0.774. The second-order valence-corrected chi connectivity index (χ2v) is 9.27. The summed E-state index contributed by atoms with van der Waals surface area (Å²) in [4.78, 5) is -0.154. The van der Waals surface area contributed by atoms with Crippen molar-refractivity contribution >= 4 is 25.7 Å². The minimum Gasteiger partial charge on any atom is -0.277 e. The van der Waals surface area contributed by atoms with Crippen LogP contribution in [0.4, 0.5) is 10.1 Å². The van der Waals surface area contributed by atoms with Crippen LogP contribution in [0.5, 0.6) is 0 Å². The van der Waals surface area contributed by atoms with E-state index in [0.29, 0.717) is 18.7 Å². The Hall–Kier alpha value is -1.97. The summed E-state index contributed by atoms with van der Waals surface area (Å²) in [6.07, 6.45) is 0. The number of sulfonamides is 2. The number of aryl methyl sites for hydroxylation is 1. The van der Waals surface area contributed by atoms with Gasteiger partial charge in [-0.1, -0.05) is 19.9 Å². The van der Waals surface area contributed by atoms with E-state index in [1.54, 1.807) is 20.8 Å². The summed E-state index contributed by atoms with van der Waals surface area (Å²) in [7, 11) is -7.72. The Labute approximate surface area is 153 Å². The first-order valence-electron chi connectivity index (χ1n) is 8.01. The van der Waals surface area contributed by atoms with Crippen molar-refractivity contribution in [3.05, 3.63) is 53.8 Å². The van der Waals surface area contributed by atoms with Gasteiger partial charge in [-0.05, 0) is 48.9 Å². The van der Waals surface area contributed by atoms with Crippen LogP contribution >= 0.6 is 0 Å². The van der Waals surface area contributed by atoms with Gasteiger partial charge >= 0.3 is 0 Å². The van der Waals surface area contributed by atoms with Crippen LogP contribution in [-0.2, 0) is 20.0 Å². The number of benzene rings is 2. The molecule has 0 radical (unpaired) electrons. The molecule has 6 nitrogen and oxygen atoms in total. The van der Waals surface area contributed by atoms with Crippen LogP contribution in [-0.4, -0.2) is 34.2 Å². The number of rotatable bonds is 7. The monoisotopic (exact) mass is 400 g/mol. The molecule has 0 amide bonds. The molecule has 2 aromatic rings. The normalized spacial score (nSPS) is 12.3. The summed E-state index contributed by atoms with van der Waals surface area (Å²) < 4.78 is 67.0. The van der Waals surface area contributed by atoms with Crippen molar-refractivity contribution in [1.82, 2.24) is 4.31 Å². The van der Waals surface area contributed by atoms with Gasteiger partial charge in [0.25, 0.3) is 10.0 Å². The highest BCUT2D eigenvalue weighted by molar-refractivity contribution is 7.92. The molecule has 2 aromatic carbocycles. The average molecular weight is 400 g/mol. The summed E-state index contributed by atoms with van der Waals surface area (Å²) in [5.74, 6) is -0.695. The highest BCUT2D eigenvalue weighted by Crippen LogP contribution is 2.22. The van der Waals surface area contributed by atoms with E-state index in [0.717, 1.165) is 0 Å². The van der Waals surface area contributed by atoms with Crippen LogP contribution in [0.2, 0.25) is 0 Å². The molecule has 142 valence electrons. The Kier molecular flexibility index (Phi) is 6.05. The minimum atomic E-state index is -4.04. The molecule has 2 rings (SSSR count). The molecule has 0 aliphatic carbocycles. The summed E-state index contributed by atoms with van der Waals surface area (Å²) in [5.41, 5.74) is 0.537. The zero-order chi connectivity index (χ0) is 19.5. The zero-order valence-electron chi connectivity index (χ0n) is 14.7. The van der Waals surface area contributed by atoms with Crippen LogP contribution in [0, 0.1) is 12.7 Å². The third-order valence-electron chi connectivity index (χ3n) is 3.84. The first kappa shape index (κ1) is 20.3. The lowest BCUT2D eigenvalue weighted by molar-refractivity contribution is 0.445. The molecule has 0 aliphatic heterocycles. The second kappa shape index (κ2) is 7.73. The lowest BCUT2D eigenvalue weighted by atomic mass is 10.2. The Morgan fingerprint density at radius 3 is 2.00 bits per heavy atom. The van der Waals surface area contributed by atoms with E-state index in [4.69, 9.17) is 0 Å². The predicted molar refractivity (Wildman–Crippen MR) is 98.5 cm³/mol. The van der Waals surface area contributed by atoms with Crippen molar-refractivity contribution < 1.29 is 21.2 Å². The fourth-order valence-electron chi connectivity index (χ4n) is 2.42. The fourth-order valence-corrected chi connectivity index (χ4v) is 4.94. The molecule has 0 unspecified atom stereocenters. The van der Waals surface area contributed by atoms with Gasteiger partial charge in [-0.3, -0.25) is 4.72 Å². The molecule has 0 saturated carbocycles. The number of hydrogen-bond acceptors (Lipinski definition) is 4. The number of nitrogens with zero attached hydrogens (tertiary/aromatic N) is 1. The van der Waals surface area contributed by atoms with E-state index in [2.05, 4.69) is 4.72 Å². The minimum absolute atomic E-state index is 0.00175. The smallest absolute Gasteiger partial charge is 0.261 e. The Bertz CT molecular complexity index is 984. The largest absolute Gasteiger partial charge is 0.277 e. The van der Waals surface area contributed by atoms with Crippen molar-refractivity contribution in [3.63, 3.8) is 0 Å². The van der Waals surface area contributed by atoms with Crippen LogP contribution in [0.1, 0.15) is 19.4 Å². The maximum atomic E-state index is 13.8. The molecule has 26 heavy (non-hydrogen) atoms. The Morgan fingerprint density at radius 1 is 0.923 bits per heavy atom. The van der Waals surface area contributed by atoms with Gasteiger partial charge < -0.3 is 0 Å². The number of hydrogen-bond donors (Lipinski definition) is 1. The summed E-state index contributed by atoms with van der Waals surface area (Å²) in [6.45, 7) is 5.78. The third-order valence-corrected chi connectivity index (χ3v) is 7.29. The van der Waals surface area contributed by atoms with Crippen LogP contribution < -0.4 is 4.72 Å². The molecule has 0 aromatic heterocycles. The fraction of sp³-hybridized carbons (Fsp3) is 0.294. The van der Waals surface area contributed by atoms with Gasteiger partial charge in [0.1, 0.15) is 5.82 Å². The first-order chi connectivity index (χ1) is 12.1. The molecule has 0 fully saturated rings. The van der Waals surface area contributed by atoms with Gasteiger partial charge in [0, 0.05) is 13.1 Å². The van der Waals surface area contributed by atoms with E-state index in [-0.39, 0.29) is 15.5 Å². The van der Waals surface area contributed by atoms with Gasteiger partial charge in [0.2, 0.25) is 10.0 Å². The standard InChI is InChI=1S/C17H21FN2O4S2/c1-4-20(5-2)26(23,24)15-9-7-14(8-10-15)25(21,22)19-17-12-13(3)6-11-16(17)18/h6-12,19H,4-5H2,1-3H3. The molecule has 9 heteroatoms. The van der Waals surface area contributed by atoms with Crippen molar-refractivity contribution in [1.29, 1.82) is 0 Å². The van der Waals surface area contributed by atoms with E-state index < -0.39 is 25.9 Å². The van der Waals surface area contributed by atoms with Gasteiger partial charge in [-0.25, -0.2) is 21.2 Å². The number of anilines is 1. The van der Waals surface area contributed by atoms with E-state index in [9.17, 15) is 21.2 Å². The molecule has 1 N–H and O–H groups in total. The summed E-state index contributed by atoms with van der Waals surface area (Å²) >= 11 is 0. The van der Waals surface area contributed by atoms with Crippen LogP contribution in [0.15, 0.2) is 52.3 Å². The molecule has 0 bridgehead atoms. The maximum absolute atomic E-state index is 13.8. The number of nitrogens with one attached hydrogen (secondary N) is 1. The van der Waals surface area contributed by atoms with Gasteiger partial charge in [0.15, 0.2) is 0 Å². The molecular weight excluding hydrogens is 379 g/mol. The maximum Gasteiger partial charge on any atom is 0.261 e. The van der Waals surface area contributed by atoms with Crippen molar-refractivity contribution in [2.75, 3.05) is 17.8 Å². The predicted octanol–water partition coefficient (Wildman–Crippen LogP) is 2.97. The van der Waals surface area contributed by atoms with Crippen LogP contribution in [0.25, 0.3) is 0 Å². The molecule has 0 heterocycles. The van der Waals surface area contributed by atoms with Gasteiger partial charge in [0.05, 0.1) is 15.5 Å². The molecular formula is C17H21FN2O4S2. The second-order valence-electron chi connectivity index (χ2n) is 5.65. The summed E-state index contributed by atoms with van der Waals surface area (Å²) in [5, 5.41) is 0. The van der Waals surface area contributed by atoms with E-state index in [1.165, 1.54) is 46.8 Å². The Morgan fingerprint density at radius 2 is 1.46 bits per heavy atom. The Balaban J connectivity index is 2.33. The molecule has 0 saturated heterocycles. The lowest BCUT2D eigenvalue weighted by Gasteiger charge is -2.18. The van der Waals surface area contributed by atoms with Crippen molar-refractivity contribution in [3.8, 4) is 0 Å². The highest BCUT2D eigenvalue weighted by Gasteiger charge is 2.23. The van der Waals surface area contributed by atoms with Crippen molar-refractivity contribution in [2.24, 2.45) is 0 Å². The zero-order valence-corrected chi connectivity index (χ0v) is 16.4. The van der Waals surface area contributed by atoms with Crippen molar-refractivity contribution in [2.45, 2.75) is 30.6 Å². The molecule has 0 aliphatic rings. The first-order valence-corrected chi connectivity index (χ1v) is 10.9. The average Bonchev–Trinajstić information content (AvgIpc) is 2.59. The van der Waals surface area contributed by atoms with E-state index >= 15 is 0 Å². The topological polar surface area (TPSA) is 83.6 Å². The third kappa shape index (κ3) is 4.22. The molecule has 0 spiro atoms. The van der Waals surface area contributed by atoms with Crippen LogP contribution in [0.3, 0.4) is 0 Å². The molecule has 0 atom stereocenters.